The summed E-state index contributed by atoms with van der Waals surface area (Å²) in [5.41, 5.74) is 5.67. The van der Waals surface area contributed by atoms with Crippen molar-refractivity contribution in [2.75, 3.05) is 26.2 Å². The molecule has 1 rings (SSSR count). The molecule has 4 nitrogen and oxygen atoms in total. The molecule has 1 heterocycles. The maximum Gasteiger partial charge on any atom is 0.237 e. The molecule has 0 aromatic heterocycles. The fourth-order valence-corrected chi connectivity index (χ4v) is 2.03. The number of nitrogens with one attached hydrogen (secondary N) is 1. The van der Waals surface area contributed by atoms with E-state index in [1.165, 1.54) is 6.42 Å². The number of nitrogens with two attached hydrogens (primary N) is 1. The van der Waals surface area contributed by atoms with Crippen LogP contribution in [-0.2, 0) is 4.79 Å². The summed E-state index contributed by atoms with van der Waals surface area (Å²) in [5, 5.41) is 2.92. The van der Waals surface area contributed by atoms with Crippen LogP contribution in [0.3, 0.4) is 0 Å². The zero-order valence-electron chi connectivity index (χ0n) is 10.1. The Hall–Kier alpha value is -0.870. The highest BCUT2D eigenvalue weighted by Gasteiger charge is 2.22. The first kappa shape index (κ1) is 13.2. The van der Waals surface area contributed by atoms with Gasteiger partial charge >= 0.3 is 0 Å². The van der Waals surface area contributed by atoms with Crippen molar-refractivity contribution < 1.29 is 4.79 Å². The van der Waals surface area contributed by atoms with Gasteiger partial charge in [0.2, 0.25) is 5.91 Å². The lowest BCUT2D eigenvalue weighted by molar-refractivity contribution is -0.122. The zero-order valence-corrected chi connectivity index (χ0v) is 10.1. The van der Waals surface area contributed by atoms with Gasteiger partial charge in [-0.2, -0.15) is 0 Å². The van der Waals surface area contributed by atoms with Crippen LogP contribution in [0.1, 0.15) is 19.8 Å². The van der Waals surface area contributed by atoms with Gasteiger partial charge in [-0.05, 0) is 31.8 Å². The van der Waals surface area contributed by atoms with E-state index in [2.05, 4.69) is 23.7 Å². The number of hydrogen-bond acceptors (Lipinski definition) is 3. The molecule has 0 aliphatic carbocycles. The van der Waals surface area contributed by atoms with Gasteiger partial charge in [0.05, 0.1) is 6.04 Å². The molecule has 2 atom stereocenters. The third kappa shape index (κ3) is 3.94. The van der Waals surface area contributed by atoms with E-state index in [9.17, 15) is 4.79 Å². The zero-order chi connectivity index (χ0) is 12.0. The SMILES string of the molecule is C=CCC(N)C(=O)NCC1CCN(CC)C1. The Morgan fingerprint density at radius 1 is 1.75 bits per heavy atom. The van der Waals surface area contributed by atoms with Gasteiger partial charge in [0.1, 0.15) is 0 Å². The first-order valence-electron chi connectivity index (χ1n) is 6.03. The molecule has 3 N–H and O–H groups in total. The van der Waals surface area contributed by atoms with Crippen molar-refractivity contribution in [1.82, 2.24) is 10.2 Å². The van der Waals surface area contributed by atoms with Crippen LogP contribution in [0.5, 0.6) is 0 Å². The van der Waals surface area contributed by atoms with Gasteiger partial charge in [-0.15, -0.1) is 6.58 Å². The summed E-state index contributed by atoms with van der Waals surface area (Å²) in [6.45, 7) is 9.83. The second-order valence-corrected chi connectivity index (χ2v) is 4.42. The molecule has 16 heavy (non-hydrogen) atoms. The Bertz CT molecular complexity index is 242. The molecule has 1 aliphatic heterocycles. The topological polar surface area (TPSA) is 58.4 Å². The third-order valence-corrected chi connectivity index (χ3v) is 3.14. The first-order valence-corrected chi connectivity index (χ1v) is 6.03. The molecule has 0 bridgehead atoms. The molecule has 92 valence electrons. The highest BCUT2D eigenvalue weighted by molar-refractivity contribution is 5.81. The summed E-state index contributed by atoms with van der Waals surface area (Å²) in [6, 6.07) is -0.443. The van der Waals surface area contributed by atoms with E-state index in [4.69, 9.17) is 5.73 Å². The van der Waals surface area contributed by atoms with Crippen molar-refractivity contribution in [2.24, 2.45) is 11.7 Å². The number of rotatable bonds is 6. The monoisotopic (exact) mass is 225 g/mol. The van der Waals surface area contributed by atoms with Gasteiger partial charge in [0.15, 0.2) is 0 Å². The van der Waals surface area contributed by atoms with Gasteiger partial charge < -0.3 is 16.0 Å². The van der Waals surface area contributed by atoms with E-state index >= 15 is 0 Å². The largest absolute Gasteiger partial charge is 0.354 e. The van der Waals surface area contributed by atoms with Crippen molar-refractivity contribution in [1.29, 1.82) is 0 Å². The van der Waals surface area contributed by atoms with E-state index in [1.54, 1.807) is 6.08 Å². The van der Waals surface area contributed by atoms with E-state index in [0.29, 0.717) is 12.3 Å². The number of carbonyl (C=O) groups excluding carboxylic acids is 1. The fourth-order valence-electron chi connectivity index (χ4n) is 2.03. The summed E-state index contributed by atoms with van der Waals surface area (Å²) < 4.78 is 0. The van der Waals surface area contributed by atoms with Crippen LogP contribution in [-0.4, -0.2) is 43.0 Å². The van der Waals surface area contributed by atoms with Crippen LogP contribution in [0.2, 0.25) is 0 Å². The lowest BCUT2D eigenvalue weighted by Crippen LogP contribution is -2.42. The maximum absolute atomic E-state index is 11.5. The van der Waals surface area contributed by atoms with Crippen LogP contribution >= 0.6 is 0 Å². The Morgan fingerprint density at radius 2 is 2.50 bits per heavy atom. The quantitative estimate of drug-likeness (QED) is 0.641. The molecular formula is C12H23N3O. The van der Waals surface area contributed by atoms with E-state index < -0.39 is 6.04 Å². The highest BCUT2D eigenvalue weighted by Crippen LogP contribution is 2.14. The van der Waals surface area contributed by atoms with Crippen LogP contribution in [0.25, 0.3) is 0 Å². The number of nitrogens with zero attached hydrogens (tertiary/aromatic N) is 1. The van der Waals surface area contributed by atoms with Gasteiger partial charge in [0.25, 0.3) is 0 Å². The number of amides is 1. The molecular weight excluding hydrogens is 202 g/mol. The Kier molecular flexibility index (Phi) is 5.49. The van der Waals surface area contributed by atoms with E-state index in [1.807, 2.05) is 0 Å². The second-order valence-electron chi connectivity index (χ2n) is 4.42. The molecule has 0 aromatic rings. The van der Waals surface area contributed by atoms with Crippen molar-refractivity contribution in [3.05, 3.63) is 12.7 Å². The minimum atomic E-state index is -0.443. The summed E-state index contributed by atoms with van der Waals surface area (Å²) in [4.78, 5) is 13.9. The van der Waals surface area contributed by atoms with Crippen molar-refractivity contribution in [2.45, 2.75) is 25.8 Å². The molecule has 1 aliphatic rings. The van der Waals surface area contributed by atoms with Crippen LogP contribution in [0.4, 0.5) is 0 Å². The molecule has 4 heteroatoms. The summed E-state index contributed by atoms with van der Waals surface area (Å²) in [7, 11) is 0. The third-order valence-electron chi connectivity index (χ3n) is 3.14. The molecule has 1 amide bonds. The normalized spacial score (nSPS) is 23.0. The smallest absolute Gasteiger partial charge is 0.237 e. The van der Waals surface area contributed by atoms with Crippen molar-refractivity contribution in [3.8, 4) is 0 Å². The number of hydrogen-bond donors (Lipinski definition) is 2. The van der Waals surface area contributed by atoms with Gasteiger partial charge in [0, 0.05) is 13.1 Å². The minimum Gasteiger partial charge on any atom is -0.354 e. The van der Waals surface area contributed by atoms with Crippen molar-refractivity contribution in [3.63, 3.8) is 0 Å². The summed E-state index contributed by atoms with van der Waals surface area (Å²) >= 11 is 0. The molecule has 1 fully saturated rings. The molecule has 2 unspecified atom stereocenters. The Morgan fingerprint density at radius 3 is 3.06 bits per heavy atom. The lowest BCUT2D eigenvalue weighted by Gasteiger charge is -2.15. The van der Waals surface area contributed by atoms with Crippen LogP contribution < -0.4 is 11.1 Å². The molecule has 0 radical (unpaired) electrons. The van der Waals surface area contributed by atoms with Gasteiger partial charge in [-0.25, -0.2) is 0 Å². The average Bonchev–Trinajstić information content (AvgIpc) is 2.74. The average molecular weight is 225 g/mol. The van der Waals surface area contributed by atoms with E-state index in [-0.39, 0.29) is 5.91 Å². The van der Waals surface area contributed by atoms with Gasteiger partial charge in [-0.3, -0.25) is 4.79 Å². The van der Waals surface area contributed by atoms with Crippen LogP contribution in [0.15, 0.2) is 12.7 Å². The molecule has 1 saturated heterocycles. The molecule has 0 aromatic carbocycles. The van der Waals surface area contributed by atoms with Crippen molar-refractivity contribution >= 4 is 5.91 Å². The lowest BCUT2D eigenvalue weighted by atomic mass is 10.1. The Labute approximate surface area is 97.9 Å². The summed E-state index contributed by atoms with van der Waals surface area (Å²) in [5.74, 6) is 0.523. The number of likely N-dealkylation sites (tertiary alicyclic amines) is 1. The standard InChI is InChI=1S/C12H23N3O/c1-3-5-11(13)12(16)14-8-10-6-7-15(4-2)9-10/h3,10-11H,1,4-9,13H2,2H3,(H,14,16). The maximum atomic E-state index is 11.5. The summed E-state index contributed by atoms with van der Waals surface area (Å²) in [6.07, 6.45) is 3.39. The Balaban J connectivity index is 2.19. The predicted octanol–water partition coefficient (Wildman–Crippen LogP) is 0.348. The fraction of sp³-hybridized carbons (Fsp3) is 0.750. The second kappa shape index (κ2) is 6.66. The van der Waals surface area contributed by atoms with E-state index in [0.717, 1.165) is 26.2 Å². The molecule has 0 spiro atoms. The first-order chi connectivity index (χ1) is 7.67. The highest BCUT2D eigenvalue weighted by atomic mass is 16.2. The van der Waals surface area contributed by atoms with Crippen LogP contribution in [0, 0.1) is 5.92 Å². The number of carbonyl (C=O) groups is 1. The molecule has 0 saturated carbocycles. The minimum absolute atomic E-state index is 0.0603. The predicted molar refractivity (Wildman–Crippen MR) is 66.0 cm³/mol. The van der Waals surface area contributed by atoms with Gasteiger partial charge in [-0.1, -0.05) is 13.0 Å².